The molecule has 1 aromatic carbocycles. The first-order valence-corrected chi connectivity index (χ1v) is 7.64. The van der Waals surface area contributed by atoms with Gasteiger partial charge in [0.05, 0.1) is 17.8 Å². The standard InChI is InChI=1S/C17H23FO3/c1-12-3-4-13(9-15(12)18)16(2,19)14-5-7-21-17(10-14)6-8-20-11-17/h3-4,9,14,19H,5-8,10-11H2,1-2H3. The van der Waals surface area contributed by atoms with Gasteiger partial charge in [0.2, 0.25) is 0 Å². The first kappa shape index (κ1) is 14.9. The highest BCUT2D eigenvalue weighted by Crippen LogP contribution is 2.43. The molecule has 3 unspecified atom stereocenters. The molecule has 21 heavy (non-hydrogen) atoms. The number of aliphatic hydroxyl groups is 1. The number of ether oxygens (including phenoxy) is 2. The summed E-state index contributed by atoms with van der Waals surface area (Å²) in [6.45, 7) is 5.46. The van der Waals surface area contributed by atoms with E-state index in [1.807, 2.05) is 6.07 Å². The number of aryl methyl sites for hydroxylation is 1. The lowest BCUT2D eigenvalue weighted by Gasteiger charge is -2.43. The van der Waals surface area contributed by atoms with Gasteiger partial charge < -0.3 is 14.6 Å². The summed E-state index contributed by atoms with van der Waals surface area (Å²) < 4.78 is 25.2. The largest absolute Gasteiger partial charge is 0.385 e. The van der Waals surface area contributed by atoms with Crippen LogP contribution in [0.15, 0.2) is 18.2 Å². The Hall–Kier alpha value is -0.970. The summed E-state index contributed by atoms with van der Waals surface area (Å²) in [6, 6.07) is 5.02. The van der Waals surface area contributed by atoms with Gasteiger partial charge in [0, 0.05) is 19.6 Å². The number of rotatable bonds is 2. The molecule has 2 fully saturated rings. The monoisotopic (exact) mass is 294 g/mol. The van der Waals surface area contributed by atoms with Crippen LogP contribution < -0.4 is 0 Å². The van der Waals surface area contributed by atoms with Crippen LogP contribution in [0.5, 0.6) is 0 Å². The number of hydrogen-bond donors (Lipinski definition) is 1. The van der Waals surface area contributed by atoms with Crippen LogP contribution in [0.2, 0.25) is 0 Å². The van der Waals surface area contributed by atoms with E-state index in [0.717, 1.165) is 19.3 Å². The Morgan fingerprint density at radius 3 is 2.86 bits per heavy atom. The van der Waals surface area contributed by atoms with Crippen LogP contribution in [0.3, 0.4) is 0 Å². The van der Waals surface area contributed by atoms with E-state index in [0.29, 0.717) is 30.9 Å². The molecule has 2 saturated heterocycles. The average Bonchev–Trinajstić information content (AvgIpc) is 2.89. The molecule has 0 amide bonds. The summed E-state index contributed by atoms with van der Waals surface area (Å²) >= 11 is 0. The van der Waals surface area contributed by atoms with Crippen molar-refractivity contribution < 1.29 is 19.0 Å². The molecule has 0 radical (unpaired) electrons. The molecule has 116 valence electrons. The van der Waals surface area contributed by atoms with E-state index in [4.69, 9.17) is 9.47 Å². The van der Waals surface area contributed by atoms with Crippen LogP contribution in [-0.4, -0.2) is 30.5 Å². The lowest BCUT2D eigenvalue weighted by Crippen LogP contribution is -2.46. The van der Waals surface area contributed by atoms with Gasteiger partial charge in [-0.2, -0.15) is 0 Å². The Balaban J connectivity index is 1.84. The van der Waals surface area contributed by atoms with E-state index in [1.54, 1.807) is 19.9 Å². The summed E-state index contributed by atoms with van der Waals surface area (Å²) in [5.74, 6) is -0.214. The van der Waals surface area contributed by atoms with Crippen molar-refractivity contribution in [3.8, 4) is 0 Å². The van der Waals surface area contributed by atoms with Gasteiger partial charge in [0.25, 0.3) is 0 Å². The van der Waals surface area contributed by atoms with Crippen molar-refractivity contribution in [1.82, 2.24) is 0 Å². The van der Waals surface area contributed by atoms with Crippen molar-refractivity contribution in [2.24, 2.45) is 5.92 Å². The van der Waals surface area contributed by atoms with E-state index < -0.39 is 5.60 Å². The maximum absolute atomic E-state index is 13.8. The Kier molecular flexibility index (Phi) is 3.80. The molecule has 0 aliphatic carbocycles. The highest BCUT2D eigenvalue weighted by Gasteiger charge is 2.46. The molecule has 2 aliphatic rings. The smallest absolute Gasteiger partial charge is 0.126 e. The molecule has 1 spiro atoms. The SMILES string of the molecule is Cc1ccc(C(C)(O)C2CCOC3(CCOC3)C2)cc1F. The second-order valence-electron chi connectivity index (χ2n) is 6.64. The van der Waals surface area contributed by atoms with E-state index in [1.165, 1.54) is 6.07 Å². The van der Waals surface area contributed by atoms with Gasteiger partial charge in [-0.25, -0.2) is 4.39 Å². The first-order chi connectivity index (χ1) is 9.93. The van der Waals surface area contributed by atoms with Crippen molar-refractivity contribution in [3.63, 3.8) is 0 Å². The average molecular weight is 294 g/mol. The molecule has 1 aromatic rings. The summed E-state index contributed by atoms with van der Waals surface area (Å²) in [6.07, 6.45) is 2.42. The third-order valence-electron chi connectivity index (χ3n) is 5.11. The Labute approximate surface area is 125 Å². The quantitative estimate of drug-likeness (QED) is 0.911. The van der Waals surface area contributed by atoms with Gasteiger partial charge in [0.1, 0.15) is 5.82 Å². The van der Waals surface area contributed by atoms with Gasteiger partial charge >= 0.3 is 0 Å². The number of hydrogen-bond acceptors (Lipinski definition) is 3. The molecular weight excluding hydrogens is 271 g/mol. The fraction of sp³-hybridized carbons (Fsp3) is 0.647. The van der Waals surface area contributed by atoms with Crippen molar-refractivity contribution in [2.45, 2.75) is 44.3 Å². The Morgan fingerprint density at radius 2 is 2.19 bits per heavy atom. The van der Waals surface area contributed by atoms with Gasteiger partial charge in [-0.15, -0.1) is 0 Å². The maximum Gasteiger partial charge on any atom is 0.126 e. The summed E-state index contributed by atoms with van der Waals surface area (Å²) in [5, 5.41) is 11.0. The first-order valence-electron chi connectivity index (χ1n) is 7.64. The van der Waals surface area contributed by atoms with Crippen LogP contribution in [0.4, 0.5) is 4.39 Å². The molecule has 3 atom stereocenters. The van der Waals surface area contributed by atoms with Crippen LogP contribution in [-0.2, 0) is 15.1 Å². The van der Waals surface area contributed by atoms with Gasteiger partial charge in [-0.1, -0.05) is 12.1 Å². The summed E-state index contributed by atoms with van der Waals surface area (Å²) in [4.78, 5) is 0. The van der Waals surface area contributed by atoms with Gasteiger partial charge in [0.15, 0.2) is 0 Å². The Morgan fingerprint density at radius 1 is 1.38 bits per heavy atom. The third kappa shape index (κ3) is 2.72. The van der Waals surface area contributed by atoms with Crippen molar-refractivity contribution >= 4 is 0 Å². The summed E-state index contributed by atoms with van der Waals surface area (Å²) in [5.41, 5.74) is -0.0573. The molecular formula is C17H23FO3. The highest BCUT2D eigenvalue weighted by atomic mass is 19.1. The molecule has 3 rings (SSSR count). The second-order valence-corrected chi connectivity index (χ2v) is 6.64. The fourth-order valence-corrected chi connectivity index (χ4v) is 3.51. The van der Waals surface area contributed by atoms with Crippen molar-refractivity contribution in [1.29, 1.82) is 0 Å². The van der Waals surface area contributed by atoms with Crippen molar-refractivity contribution in [3.05, 3.63) is 35.1 Å². The Bertz CT molecular complexity index is 521. The third-order valence-corrected chi connectivity index (χ3v) is 5.11. The minimum absolute atomic E-state index is 0.0510. The highest BCUT2D eigenvalue weighted by molar-refractivity contribution is 5.28. The summed E-state index contributed by atoms with van der Waals surface area (Å²) in [7, 11) is 0. The molecule has 2 heterocycles. The minimum Gasteiger partial charge on any atom is -0.385 e. The van der Waals surface area contributed by atoms with Crippen LogP contribution in [0.1, 0.15) is 37.3 Å². The zero-order valence-electron chi connectivity index (χ0n) is 12.7. The van der Waals surface area contributed by atoms with E-state index in [-0.39, 0.29) is 17.3 Å². The van der Waals surface area contributed by atoms with Gasteiger partial charge in [-0.05, 0) is 49.8 Å². The zero-order chi connectivity index (χ0) is 15.1. The molecule has 0 aromatic heterocycles. The maximum atomic E-state index is 13.8. The minimum atomic E-state index is -1.05. The van der Waals surface area contributed by atoms with Crippen molar-refractivity contribution in [2.75, 3.05) is 19.8 Å². The molecule has 4 heteroatoms. The van der Waals surface area contributed by atoms with Crippen LogP contribution in [0, 0.1) is 18.7 Å². The number of benzene rings is 1. The predicted octanol–water partition coefficient (Wildman–Crippen LogP) is 2.93. The molecule has 3 nitrogen and oxygen atoms in total. The zero-order valence-corrected chi connectivity index (χ0v) is 12.7. The molecule has 2 aliphatic heterocycles. The lowest BCUT2D eigenvalue weighted by atomic mass is 9.73. The molecule has 0 saturated carbocycles. The van der Waals surface area contributed by atoms with E-state index in [2.05, 4.69) is 0 Å². The fourth-order valence-electron chi connectivity index (χ4n) is 3.51. The topological polar surface area (TPSA) is 38.7 Å². The van der Waals surface area contributed by atoms with E-state index in [9.17, 15) is 9.50 Å². The number of halogens is 1. The van der Waals surface area contributed by atoms with Gasteiger partial charge in [-0.3, -0.25) is 0 Å². The molecule has 0 bridgehead atoms. The second kappa shape index (κ2) is 5.34. The van der Waals surface area contributed by atoms with Crippen LogP contribution in [0.25, 0.3) is 0 Å². The molecule has 1 N–H and O–H groups in total. The predicted molar refractivity (Wildman–Crippen MR) is 77.6 cm³/mol. The normalized spacial score (nSPS) is 32.3. The van der Waals surface area contributed by atoms with E-state index >= 15 is 0 Å². The lowest BCUT2D eigenvalue weighted by molar-refractivity contribution is -0.140. The van der Waals surface area contributed by atoms with Crippen LogP contribution >= 0.6 is 0 Å².